The molecule has 2 aromatic rings. The minimum Gasteiger partial charge on any atom is -0.324 e. The SMILES string of the molecule is CC(C(=O)Nc1cccc(F)c1)N(c1cccc(Cl)c1)S(C)(=O)=O. The summed E-state index contributed by atoms with van der Waals surface area (Å²) in [4.78, 5) is 12.4. The van der Waals surface area contributed by atoms with E-state index in [1.165, 1.54) is 31.2 Å². The van der Waals surface area contributed by atoms with Gasteiger partial charge in [-0.1, -0.05) is 23.7 Å². The Kier molecular flexibility index (Phi) is 5.46. The van der Waals surface area contributed by atoms with Gasteiger partial charge in [0.25, 0.3) is 0 Å². The molecule has 128 valence electrons. The lowest BCUT2D eigenvalue weighted by Crippen LogP contribution is -2.45. The summed E-state index contributed by atoms with van der Waals surface area (Å²) in [6.07, 6.45) is 1.000. The first-order chi connectivity index (χ1) is 11.2. The number of nitrogens with zero attached hydrogens (tertiary/aromatic N) is 1. The monoisotopic (exact) mass is 370 g/mol. The fourth-order valence-electron chi connectivity index (χ4n) is 2.23. The Hall–Kier alpha value is -2.12. The number of carbonyl (C=O) groups excluding carboxylic acids is 1. The maximum atomic E-state index is 13.2. The maximum absolute atomic E-state index is 13.2. The number of benzene rings is 2. The van der Waals surface area contributed by atoms with Crippen molar-refractivity contribution in [3.05, 3.63) is 59.4 Å². The van der Waals surface area contributed by atoms with Crippen molar-refractivity contribution in [1.82, 2.24) is 0 Å². The Balaban J connectivity index is 2.31. The van der Waals surface area contributed by atoms with Crippen LogP contribution in [-0.4, -0.2) is 26.6 Å². The van der Waals surface area contributed by atoms with E-state index in [0.29, 0.717) is 5.02 Å². The number of rotatable bonds is 5. The fraction of sp³-hybridized carbons (Fsp3) is 0.188. The Labute approximate surface area is 145 Å². The lowest BCUT2D eigenvalue weighted by atomic mass is 10.2. The standard InChI is InChI=1S/C16H16ClFN2O3S/c1-11(16(21)19-14-7-4-6-13(18)10-14)20(24(2,22)23)15-8-3-5-12(17)9-15/h3-11H,1-2H3,(H,19,21). The number of amides is 1. The smallest absolute Gasteiger partial charge is 0.247 e. The number of hydrogen-bond donors (Lipinski definition) is 1. The maximum Gasteiger partial charge on any atom is 0.247 e. The van der Waals surface area contributed by atoms with Gasteiger partial charge in [0.15, 0.2) is 0 Å². The number of carbonyl (C=O) groups is 1. The van der Waals surface area contributed by atoms with Crippen LogP contribution in [0.2, 0.25) is 5.02 Å². The first-order valence-electron chi connectivity index (χ1n) is 7.00. The first kappa shape index (κ1) is 18.2. The third-order valence-electron chi connectivity index (χ3n) is 3.24. The van der Waals surface area contributed by atoms with Gasteiger partial charge in [-0.05, 0) is 43.3 Å². The third kappa shape index (κ3) is 4.46. The highest BCUT2D eigenvalue weighted by Crippen LogP contribution is 2.24. The Bertz CT molecular complexity index is 858. The van der Waals surface area contributed by atoms with Crippen LogP contribution < -0.4 is 9.62 Å². The van der Waals surface area contributed by atoms with Gasteiger partial charge in [-0.2, -0.15) is 0 Å². The number of sulfonamides is 1. The topological polar surface area (TPSA) is 66.5 Å². The Morgan fingerprint density at radius 2 is 1.88 bits per heavy atom. The molecule has 1 amide bonds. The fourth-order valence-corrected chi connectivity index (χ4v) is 3.59. The molecule has 1 N–H and O–H groups in total. The molecule has 0 aliphatic rings. The van der Waals surface area contributed by atoms with E-state index < -0.39 is 27.8 Å². The summed E-state index contributed by atoms with van der Waals surface area (Å²) >= 11 is 5.91. The third-order valence-corrected chi connectivity index (χ3v) is 4.72. The zero-order valence-electron chi connectivity index (χ0n) is 13.0. The highest BCUT2D eigenvalue weighted by Gasteiger charge is 2.29. The van der Waals surface area contributed by atoms with Gasteiger partial charge in [0.2, 0.25) is 15.9 Å². The van der Waals surface area contributed by atoms with Crippen LogP contribution in [-0.2, 0) is 14.8 Å². The zero-order chi connectivity index (χ0) is 17.9. The summed E-state index contributed by atoms with van der Waals surface area (Å²) in [5.41, 5.74) is 0.512. The molecule has 1 unspecified atom stereocenters. The minimum absolute atomic E-state index is 0.242. The van der Waals surface area contributed by atoms with Gasteiger partial charge < -0.3 is 5.32 Å². The predicted molar refractivity (Wildman–Crippen MR) is 93.3 cm³/mol. The number of nitrogens with one attached hydrogen (secondary N) is 1. The number of anilines is 2. The summed E-state index contributed by atoms with van der Waals surface area (Å²) in [7, 11) is -3.74. The van der Waals surface area contributed by atoms with Crippen molar-refractivity contribution >= 4 is 38.9 Å². The first-order valence-corrected chi connectivity index (χ1v) is 9.22. The summed E-state index contributed by atoms with van der Waals surface area (Å²) in [5.74, 6) is -1.10. The van der Waals surface area contributed by atoms with Crippen molar-refractivity contribution in [1.29, 1.82) is 0 Å². The van der Waals surface area contributed by atoms with Gasteiger partial charge in [0, 0.05) is 10.7 Å². The van der Waals surface area contributed by atoms with Gasteiger partial charge in [-0.25, -0.2) is 12.8 Å². The van der Waals surface area contributed by atoms with E-state index >= 15 is 0 Å². The van der Waals surface area contributed by atoms with Crippen molar-refractivity contribution < 1.29 is 17.6 Å². The molecule has 0 aromatic heterocycles. The largest absolute Gasteiger partial charge is 0.324 e. The van der Waals surface area contributed by atoms with Gasteiger partial charge in [-0.15, -0.1) is 0 Å². The van der Waals surface area contributed by atoms with E-state index in [4.69, 9.17) is 11.6 Å². The van der Waals surface area contributed by atoms with E-state index in [9.17, 15) is 17.6 Å². The second-order valence-corrected chi connectivity index (χ2v) is 7.51. The highest BCUT2D eigenvalue weighted by atomic mass is 35.5. The second kappa shape index (κ2) is 7.19. The molecule has 8 heteroatoms. The lowest BCUT2D eigenvalue weighted by Gasteiger charge is -2.28. The van der Waals surface area contributed by atoms with Crippen molar-refractivity contribution in [3.8, 4) is 0 Å². The molecule has 5 nitrogen and oxygen atoms in total. The Morgan fingerprint density at radius 3 is 2.46 bits per heavy atom. The molecule has 0 aliphatic heterocycles. The molecule has 1 atom stereocenters. The van der Waals surface area contributed by atoms with Crippen LogP contribution in [0.25, 0.3) is 0 Å². The molecule has 0 heterocycles. The molecule has 0 saturated carbocycles. The van der Waals surface area contributed by atoms with Crippen LogP contribution in [0.3, 0.4) is 0 Å². The highest BCUT2D eigenvalue weighted by molar-refractivity contribution is 7.92. The van der Waals surface area contributed by atoms with Crippen LogP contribution in [0.5, 0.6) is 0 Å². The normalized spacial score (nSPS) is 12.5. The molecule has 0 radical (unpaired) electrons. The van der Waals surface area contributed by atoms with E-state index in [1.807, 2.05) is 0 Å². The van der Waals surface area contributed by atoms with Crippen LogP contribution >= 0.6 is 11.6 Å². The molecule has 0 fully saturated rings. The molecule has 0 bridgehead atoms. The summed E-state index contributed by atoms with van der Waals surface area (Å²) in [6.45, 7) is 1.44. The lowest BCUT2D eigenvalue weighted by molar-refractivity contribution is -0.116. The van der Waals surface area contributed by atoms with Crippen LogP contribution in [0, 0.1) is 5.82 Å². The molecule has 0 spiro atoms. The van der Waals surface area contributed by atoms with Gasteiger partial charge in [-0.3, -0.25) is 9.10 Å². The average molecular weight is 371 g/mol. The molecule has 0 saturated heterocycles. The predicted octanol–water partition coefficient (Wildman–Crippen LogP) is 3.27. The van der Waals surface area contributed by atoms with Crippen LogP contribution in [0.15, 0.2) is 48.5 Å². The number of halogens is 2. The second-order valence-electron chi connectivity index (χ2n) is 5.21. The minimum atomic E-state index is -3.74. The Morgan fingerprint density at radius 1 is 1.21 bits per heavy atom. The summed E-state index contributed by atoms with van der Waals surface area (Å²) in [6, 6.07) is 10.5. The van der Waals surface area contributed by atoms with E-state index in [-0.39, 0.29) is 11.4 Å². The molecule has 0 aliphatic carbocycles. The molecule has 24 heavy (non-hydrogen) atoms. The van der Waals surface area contributed by atoms with Crippen molar-refractivity contribution in [2.45, 2.75) is 13.0 Å². The van der Waals surface area contributed by atoms with E-state index in [2.05, 4.69) is 5.32 Å². The molecular weight excluding hydrogens is 355 g/mol. The quantitative estimate of drug-likeness (QED) is 0.878. The van der Waals surface area contributed by atoms with Crippen LogP contribution in [0.1, 0.15) is 6.92 Å². The summed E-state index contributed by atoms with van der Waals surface area (Å²) in [5, 5.41) is 2.85. The average Bonchev–Trinajstić information content (AvgIpc) is 2.46. The van der Waals surface area contributed by atoms with Crippen LogP contribution in [0.4, 0.5) is 15.8 Å². The molecule has 2 aromatic carbocycles. The molecular formula is C16H16ClFN2O3S. The van der Waals surface area contributed by atoms with E-state index in [0.717, 1.165) is 16.6 Å². The van der Waals surface area contributed by atoms with Gasteiger partial charge >= 0.3 is 0 Å². The van der Waals surface area contributed by atoms with Gasteiger partial charge in [0.1, 0.15) is 11.9 Å². The molecule has 2 rings (SSSR count). The van der Waals surface area contributed by atoms with Crippen molar-refractivity contribution in [2.75, 3.05) is 15.9 Å². The van der Waals surface area contributed by atoms with Gasteiger partial charge in [0.05, 0.1) is 11.9 Å². The summed E-state index contributed by atoms with van der Waals surface area (Å²) < 4.78 is 38.4. The van der Waals surface area contributed by atoms with Crippen molar-refractivity contribution in [3.63, 3.8) is 0 Å². The van der Waals surface area contributed by atoms with E-state index in [1.54, 1.807) is 18.2 Å². The zero-order valence-corrected chi connectivity index (χ0v) is 14.6. The van der Waals surface area contributed by atoms with Crippen molar-refractivity contribution in [2.24, 2.45) is 0 Å². The number of hydrogen-bond acceptors (Lipinski definition) is 3.